The highest BCUT2D eigenvalue weighted by atomic mass is 19.1. The lowest BCUT2D eigenvalue weighted by molar-refractivity contribution is 0.102. The van der Waals surface area contributed by atoms with Crippen LogP contribution in [0.2, 0.25) is 0 Å². The van der Waals surface area contributed by atoms with Crippen molar-refractivity contribution in [1.82, 2.24) is 19.7 Å². The summed E-state index contributed by atoms with van der Waals surface area (Å²) in [6.45, 7) is 5.50. The number of para-hydroxylation sites is 1. The molecule has 1 aliphatic rings. The summed E-state index contributed by atoms with van der Waals surface area (Å²) in [4.78, 5) is 19.3. The van der Waals surface area contributed by atoms with E-state index in [9.17, 15) is 9.18 Å². The third-order valence-electron chi connectivity index (χ3n) is 5.11. The second-order valence-electron chi connectivity index (χ2n) is 7.06. The fourth-order valence-electron chi connectivity index (χ4n) is 3.72. The Morgan fingerprint density at radius 3 is 2.68 bits per heavy atom. The first kappa shape index (κ1) is 18.2. The number of carbonyl (C=O) groups is 1. The quantitative estimate of drug-likeness (QED) is 0.723. The van der Waals surface area contributed by atoms with Crippen LogP contribution in [0, 0.1) is 19.7 Å². The van der Waals surface area contributed by atoms with Gasteiger partial charge in [-0.05, 0) is 51.3 Å². The lowest BCUT2D eigenvalue weighted by Gasteiger charge is -2.24. The van der Waals surface area contributed by atoms with Crippen molar-refractivity contribution in [2.45, 2.75) is 33.1 Å². The summed E-state index contributed by atoms with van der Waals surface area (Å²) in [7, 11) is 0. The number of hydrogen-bond acceptors (Lipinski definition) is 4. The Morgan fingerprint density at radius 2 is 1.93 bits per heavy atom. The van der Waals surface area contributed by atoms with Crippen molar-refractivity contribution >= 4 is 17.8 Å². The number of amides is 1. The van der Waals surface area contributed by atoms with E-state index in [1.54, 1.807) is 35.8 Å². The van der Waals surface area contributed by atoms with Crippen LogP contribution in [0.25, 0.3) is 5.69 Å². The second-order valence-corrected chi connectivity index (χ2v) is 7.06. The van der Waals surface area contributed by atoms with Gasteiger partial charge >= 0.3 is 0 Å². The maximum absolute atomic E-state index is 14.2. The van der Waals surface area contributed by atoms with Gasteiger partial charge in [0, 0.05) is 24.5 Å². The maximum atomic E-state index is 14.2. The van der Waals surface area contributed by atoms with Crippen molar-refractivity contribution in [2.24, 2.45) is 0 Å². The summed E-state index contributed by atoms with van der Waals surface area (Å²) >= 11 is 0. The normalized spacial score (nSPS) is 14.3. The first-order chi connectivity index (χ1) is 13.5. The number of aromatic amines is 1. The number of nitrogens with one attached hydrogen (secondary N) is 2. The Kier molecular flexibility index (Phi) is 4.85. The number of hydrogen-bond donors (Lipinski definition) is 2. The highest BCUT2D eigenvalue weighted by Gasteiger charge is 2.20. The maximum Gasteiger partial charge on any atom is 0.259 e. The molecule has 0 saturated carbocycles. The molecule has 1 aromatic carbocycles. The van der Waals surface area contributed by atoms with Gasteiger partial charge in [0.25, 0.3) is 5.91 Å². The molecule has 146 valence electrons. The van der Waals surface area contributed by atoms with Crippen LogP contribution in [0.3, 0.4) is 0 Å². The van der Waals surface area contributed by atoms with E-state index in [4.69, 9.17) is 0 Å². The van der Waals surface area contributed by atoms with Crippen molar-refractivity contribution in [3.8, 4) is 5.69 Å². The average molecular weight is 382 g/mol. The van der Waals surface area contributed by atoms with Crippen LogP contribution in [0.15, 0.2) is 30.3 Å². The number of benzene rings is 1. The smallest absolute Gasteiger partial charge is 0.259 e. The summed E-state index contributed by atoms with van der Waals surface area (Å²) in [6.07, 6.45) is 3.47. The van der Waals surface area contributed by atoms with Gasteiger partial charge in [0.05, 0.1) is 11.3 Å². The molecule has 4 rings (SSSR count). The summed E-state index contributed by atoms with van der Waals surface area (Å²) < 4.78 is 16.0. The highest BCUT2D eigenvalue weighted by molar-refractivity contribution is 6.04. The predicted molar refractivity (Wildman–Crippen MR) is 106 cm³/mol. The average Bonchev–Trinajstić information content (AvgIpc) is 3.28. The highest BCUT2D eigenvalue weighted by Crippen LogP contribution is 2.23. The molecule has 1 amide bonds. The number of carbonyl (C=O) groups excluding carboxylic acids is 1. The van der Waals surface area contributed by atoms with Crippen molar-refractivity contribution in [1.29, 1.82) is 0 Å². The topological polar surface area (TPSA) is 78.8 Å². The third kappa shape index (κ3) is 3.37. The second kappa shape index (κ2) is 7.46. The largest absolute Gasteiger partial charge is 0.340 e. The van der Waals surface area contributed by atoms with Crippen molar-refractivity contribution in [3.63, 3.8) is 0 Å². The van der Waals surface area contributed by atoms with E-state index in [2.05, 4.69) is 25.4 Å². The van der Waals surface area contributed by atoms with E-state index in [1.807, 2.05) is 6.92 Å². The van der Waals surface area contributed by atoms with Crippen LogP contribution >= 0.6 is 0 Å². The van der Waals surface area contributed by atoms with Crippen LogP contribution < -0.4 is 10.2 Å². The van der Waals surface area contributed by atoms with Gasteiger partial charge in [-0.3, -0.25) is 10.1 Å². The Bertz CT molecular complexity index is 1000. The summed E-state index contributed by atoms with van der Waals surface area (Å²) in [5.41, 5.74) is 2.33. The molecule has 0 bridgehead atoms. The van der Waals surface area contributed by atoms with E-state index in [-0.39, 0.29) is 11.7 Å². The van der Waals surface area contributed by atoms with Gasteiger partial charge in [0.2, 0.25) is 11.9 Å². The molecular weight excluding hydrogens is 359 g/mol. The van der Waals surface area contributed by atoms with Crippen molar-refractivity contribution in [2.75, 3.05) is 23.3 Å². The predicted octanol–water partition coefficient (Wildman–Crippen LogP) is 3.59. The Labute approximate surface area is 162 Å². The standard InChI is InChI=1S/C20H23FN6O/c1-13-12-15(14(2)27(13)17-9-5-4-8-16(17)21)18(28)22-19-23-20(25-24-19)26-10-6-3-7-11-26/h4-5,8-9,12H,3,6-7,10-11H2,1-2H3,(H2,22,23,24,25,28). The third-order valence-corrected chi connectivity index (χ3v) is 5.11. The zero-order chi connectivity index (χ0) is 19.7. The number of aryl methyl sites for hydroxylation is 1. The van der Waals surface area contributed by atoms with Gasteiger partial charge in [-0.15, -0.1) is 5.10 Å². The number of anilines is 2. The van der Waals surface area contributed by atoms with Gasteiger partial charge in [0.15, 0.2) is 0 Å². The van der Waals surface area contributed by atoms with Gasteiger partial charge in [0.1, 0.15) is 5.82 Å². The van der Waals surface area contributed by atoms with Gasteiger partial charge in [-0.25, -0.2) is 9.49 Å². The number of rotatable bonds is 4. The number of aromatic nitrogens is 4. The lowest BCUT2D eigenvalue weighted by atomic mass is 10.1. The molecule has 0 radical (unpaired) electrons. The molecule has 7 nitrogen and oxygen atoms in total. The van der Waals surface area contributed by atoms with Crippen molar-refractivity contribution in [3.05, 3.63) is 53.1 Å². The molecule has 3 aromatic rings. The fourth-order valence-corrected chi connectivity index (χ4v) is 3.72. The summed E-state index contributed by atoms with van der Waals surface area (Å²) in [5.74, 6) is 0.266. The molecule has 8 heteroatoms. The van der Waals surface area contributed by atoms with Crippen molar-refractivity contribution < 1.29 is 9.18 Å². The lowest BCUT2D eigenvalue weighted by Crippen LogP contribution is -2.30. The molecule has 2 aromatic heterocycles. The zero-order valence-electron chi connectivity index (χ0n) is 16.0. The first-order valence-electron chi connectivity index (χ1n) is 9.47. The molecule has 0 unspecified atom stereocenters. The minimum Gasteiger partial charge on any atom is -0.340 e. The van der Waals surface area contributed by atoms with Crippen LogP contribution in [-0.2, 0) is 0 Å². The van der Waals surface area contributed by atoms with E-state index >= 15 is 0 Å². The number of H-pyrrole nitrogens is 1. The molecule has 28 heavy (non-hydrogen) atoms. The van der Waals surface area contributed by atoms with E-state index in [1.165, 1.54) is 12.5 Å². The number of piperidine rings is 1. The van der Waals surface area contributed by atoms with E-state index < -0.39 is 0 Å². The molecule has 0 spiro atoms. The number of halogens is 1. The molecule has 1 aliphatic heterocycles. The van der Waals surface area contributed by atoms with Gasteiger partial charge in [-0.1, -0.05) is 12.1 Å². The van der Waals surface area contributed by atoms with Crippen LogP contribution in [0.1, 0.15) is 41.0 Å². The summed E-state index contributed by atoms with van der Waals surface area (Å²) in [6, 6.07) is 8.26. The minimum absolute atomic E-state index is 0.307. The zero-order valence-corrected chi connectivity index (χ0v) is 16.0. The first-order valence-corrected chi connectivity index (χ1v) is 9.47. The SMILES string of the molecule is Cc1cc(C(=O)Nc2nc(N3CCCCC3)n[nH]2)c(C)n1-c1ccccc1F. The molecule has 2 N–H and O–H groups in total. The Balaban J connectivity index is 1.55. The van der Waals surface area contributed by atoms with Gasteiger partial charge in [-0.2, -0.15) is 4.98 Å². The van der Waals surface area contributed by atoms with Crippen LogP contribution in [0.4, 0.5) is 16.3 Å². The number of nitrogens with zero attached hydrogens (tertiary/aromatic N) is 4. The van der Waals surface area contributed by atoms with Crippen LogP contribution in [0.5, 0.6) is 0 Å². The van der Waals surface area contributed by atoms with E-state index in [0.717, 1.165) is 31.6 Å². The molecule has 1 saturated heterocycles. The Morgan fingerprint density at radius 1 is 1.18 bits per heavy atom. The molecular formula is C20H23FN6O. The van der Waals surface area contributed by atoms with Gasteiger partial charge < -0.3 is 9.47 Å². The van der Waals surface area contributed by atoms with E-state index in [0.29, 0.717) is 28.8 Å². The molecule has 1 fully saturated rings. The fraction of sp³-hybridized carbons (Fsp3) is 0.350. The molecule has 3 heterocycles. The monoisotopic (exact) mass is 382 g/mol. The summed E-state index contributed by atoms with van der Waals surface area (Å²) in [5, 5.41) is 9.76. The van der Waals surface area contributed by atoms with Crippen LogP contribution in [-0.4, -0.2) is 38.7 Å². The Hall–Kier alpha value is -3.16. The minimum atomic E-state index is -0.335. The molecule has 0 aliphatic carbocycles. The molecule has 0 atom stereocenters.